The molecule has 1 N–H and O–H groups in total. The lowest BCUT2D eigenvalue weighted by molar-refractivity contribution is -0.117. The predicted molar refractivity (Wildman–Crippen MR) is 102 cm³/mol. The summed E-state index contributed by atoms with van der Waals surface area (Å²) in [4.78, 5) is 12.0. The highest BCUT2D eigenvalue weighted by atomic mass is 35.5. The number of amides is 1. The van der Waals surface area contributed by atoms with Crippen LogP contribution in [0.3, 0.4) is 0 Å². The first kappa shape index (κ1) is 19.3. The van der Waals surface area contributed by atoms with Crippen LogP contribution in [0.1, 0.15) is 11.1 Å². The molecule has 2 rings (SSSR count). The number of nitrogens with one attached hydrogen (secondary N) is 1. The molecule has 25 heavy (non-hydrogen) atoms. The second-order valence-corrected chi connectivity index (χ2v) is 6.39. The number of benzene rings is 2. The maximum absolute atomic E-state index is 12.0. The standard InChI is InChI=1S/C17H9Cl4N3O/c18-13-3-1-10(15(20)6-13)5-12(8-22)17(25)24-23-9-11-2-4-14(19)7-16(11)21/h1-7,9H,(H,24,25)/b12-5-,23-9+. The highest BCUT2D eigenvalue weighted by Crippen LogP contribution is 2.23. The number of nitrogens with zero attached hydrogens (tertiary/aromatic N) is 2. The zero-order valence-corrected chi connectivity index (χ0v) is 15.5. The van der Waals surface area contributed by atoms with E-state index < -0.39 is 5.91 Å². The third-order valence-corrected chi connectivity index (χ3v) is 4.08. The van der Waals surface area contributed by atoms with Gasteiger partial charge in [0.05, 0.1) is 11.2 Å². The van der Waals surface area contributed by atoms with Gasteiger partial charge in [-0.1, -0.05) is 58.5 Å². The van der Waals surface area contributed by atoms with Crippen LogP contribution < -0.4 is 5.43 Å². The summed E-state index contributed by atoms with van der Waals surface area (Å²) in [6.07, 6.45) is 2.69. The van der Waals surface area contributed by atoms with Crippen LogP contribution in [0.2, 0.25) is 20.1 Å². The molecular formula is C17H9Cl4N3O. The lowest BCUT2D eigenvalue weighted by Gasteiger charge is -2.02. The number of rotatable bonds is 4. The number of carbonyl (C=O) groups excluding carboxylic acids is 1. The second kappa shape index (κ2) is 8.89. The van der Waals surface area contributed by atoms with Gasteiger partial charge in [-0.15, -0.1) is 0 Å². The summed E-state index contributed by atoms with van der Waals surface area (Å²) >= 11 is 23.6. The van der Waals surface area contributed by atoms with Gasteiger partial charge in [0, 0.05) is 20.6 Å². The number of hydrogen-bond donors (Lipinski definition) is 1. The Morgan fingerprint density at radius 3 is 2.08 bits per heavy atom. The molecule has 0 aromatic heterocycles. The van der Waals surface area contributed by atoms with Crippen molar-refractivity contribution in [3.05, 3.63) is 73.2 Å². The van der Waals surface area contributed by atoms with Crippen molar-refractivity contribution in [1.29, 1.82) is 5.26 Å². The molecule has 0 spiro atoms. The molecule has 0 aliphatic rings. The third kappa shape index (κ3) is 5.48. The Kier molecular flexibility index (Phi) is 6.86. The molecule has 2 aromatic carbocycles. The number of nitriles is 1. The quantitative estimate of drug-likeness (QED) is 0.318. The smallest absolute Gasteiger partial charge is 0.267 e. The van der Waals surface area contributed by atoms with Crippen LogP contribution in [0.25, 0.3) is 6.08 Å². The highest BCUT2D eigenvalue weighted by Gasteiger charge is 2.09. The second-order valence-electron chi connectivity index (χ2n) is 4.70. The predicted octanol–water partition coefficient (Wildman–Crippen LogP) is 5.36. The Morgan fingerprint density at radius 1 is 1.00 bits per heavy atom. The Labute approximate surface area is 164 Å². The van der Waals surface area contributed by atoms with Gasteiger partial charge in [-0.3, -0.25) is 4.79 Å². The molecule has 0 radical (unpaired) electrons. The van der Waals surface area contributed by atoms with Crippen LogP contribution in [-0.4, -0.2) is 12.1 Å². The van der Waals surface area contributed by atoms with Gasteiger partial charge in [0.25, 0.3) is 5.91 Å². The number of hydrogen-bond acceptors (Lipinski definition) is 3. The van der Waals surface area contributed by atoms with Crippen molar-refractivity contribution in [2.24, 2.45) is 5.10 Å². The van der Waals surface area contributed by atoms with E-state index in [4.69, 9.17) is 51.7 Å². The summed E-state index contributed by atoms with van der Waals surface area (Å²) in [6.45, 7) is 0. The lowest BCUT2D eigenvalue weighted by atomic mass is 10.1. The van der Waals surface area contributed by atoms with Crippen LogP contribution in [0.15, 0.2) is 47.1 Å². The first-order valence-corrected chi connectivity index (χ1v) is 8.27. The van der Waals surface area contributed by atoms with Gasteiger partial charge in [-0.2, -0.15) is 10.4 Å². The van der Waals surface area contributed by atoms with E-state index in [1.54, 1.807) is 36.4 Å². The van der Waals surface area contributed by atoms with Crippen molar-refractivity contribution in [1.82, 2.24) is 5.43 Å². The summed E-state index contributed by atoms with van der Waals surface area (Å²) in [6, 6.07) is 11.4. The zero-order valence-electron chi connectivity index (χ0n) is 12.4. The zero-order chi connectivity index (χ0) is 18.4. The minimum atomic E-state index is -0.685. The van der Waals surface area contributed by atoms with Crippen molar-refractivity contribution in [2.45, 2.75) is 0 Å². The van der Waals surface area contributed by atoms with Crippen LogP contribution in [0.4, 0.5) is 0 Å². The molecule has 0 aliphatic heterocycles. The highest BCUT2D eigenvalue weighted by molar-refractivity contribution is 6.36. The van der Waals surface area contributed by atoms with E-state index in [2.05, 4.69) is 10.5 Å². The first-order chi connectivity index (χ1) is 11.9. The summed E-state index contributed by atoms with van der Waals surface area (Å²) in [7, 11) is 0. The summed E-state index contributed by atoms with van der Waals surface area (Å²) in [5.41, 5.74) is 3.14. The van der Waals surface area contributed by atoms with Crippen molar-refractivity contribution < 1.29 is 4.79 Å². The maximum atomic E-state index is 12.0. The van der Waals surface area contributed by atoms with Crippen LogP contribution in [0.5, 0.6) is 0 Å². The first-order valence-electron chi connectivity index (χ1n) is 6.76. The molecule has 0 unspecified atom stereocenters. The molecule has 2 aromatic rings. The Morgan fingerprint density at radius 2 is 1.56 bits per heavy atom. The fourth-order valence-corrected chi connectivity index (χ4v) is 2.67. The molecule has 0 saturated carbocycles. The Balaban J connectivity index is 2.13. The Bertz CT molecular complexity index is 917. The minimum Gasteiger partial charge on any atom is -0.267 e. The van der Waals surface area contributed by atoms with E-state index in [0.717, 1.165) is 0 Å². The van der Waals surface area contributed by atoms with E-state index >= 15 is 0 Å². The van der Waals surface area contributed by atoms with Gasteiger partial charge in [0.1, 0.15) is 11.6 Å². The minimum absolute atomic E-state index is 0.163. The largest absolute Gasteiger partial charge is 0.282 e. The normalized spacial score (nSPS) is 11.4. The molecule has 8 heteroatoms. The maximum Gasteiger partial charge on any atom is 0.282 e. The van der Waals surface area contributed by atoms with Crippen LogP contribution in [-0.2, 0) is 4.79 Å². The van der Waals surface area contributed by atoms with Gasteiger partial charge >= 0.3 is 0 Å². The van der Waals surface area contributed by atoms with Gasteiger partial charge < -0.3 is 0 Å². The molecule has 4 nitrogen and oxygen atoms in total. The van der Waals surface area contributed by atoms with Crippen molar-refractivity contribution in [3.63, 3.8) is 0 Å². The molecule has 0 saturated heterocycles. The number of halogens is 4. The van der Waals surface area contributed by atoms with Gasteiger partial charge in [0.15, 0.2) is 0 Å². The van der Waals surface area contributed by atoms with E-state index in [1.807, 2.05) is 0 Å². The van der Waals surface area contributed by atoms with Gasteiger partial charge in [0.2, 0.25) is 0 Å². The molecule has 126 valence electrons. The fraction of sp³-hybridized carbons (Fsp3) is 0. The molecule has 0 bridgehead atoms. The molecule has 0 atom stereocenters. The SMILES string of the molecule is N#C/C(=C/c1ccc(Cl)cc1Cl)C(=O)N/N=C/c1ccc(Cl)cc1Cl. The van der Waals surface area contributed by atoms with E-state index in [1.165, 1.54) is 18.4 Å². The monoisotopic (exact) mass is 411 g/mol. The summed E-state index contributed by atoms with van der Waals surface area (Å²) in [5.74, 6) is -0.685. The molecule has 1 amide bonds. The average Bonchev–Trinajstić information content (AvgIpc) is 2.56. The lowest BCUT2D eigenvalue weighted by Crippen LogP contribution is -2.19. The van der Waals surface area contributed by atoms with E-state index in [9.17, 15) is 4.79 Å². The van der Waals surface area contributed by atoms with Gasteiger partial charge in [-0.25, -0.2) is 5.43 Å². The molecule has 0 aliphatic carbocycles. The molecule has 0 fully saturated rings. The van der Waals surface area contributed by atoms with Gasteiger partial charge in [-0.05, 0) is 35.9 Å². The third-order valence-electron chi connectivity index (χ3n) is 2.96. The van der Waals surface area contributed by atoms with Crippen molar-refractivity contribution in [2.75, 3.05) is 0 Å². The van der Waals surface area contributed by atoms with Crippen LogP contribution in [0, 0.1) is 11.3 Å². The average molecular weight is 413 g/mol. The molecular weight excluding hydrogens is 404 g/mol. The Hall–Kier alpha value is -2.03. The van der Waals surface area contributed by atoms with Crippen molar-refractivity contribution in [3.8, 4) is 6.07 Å². The number of carbonyl (C=O) groups is 1. The van der Waals surface area contributed by atoms with E-state index in [-0.39, 0.29) is 5.57 Å². The number of hydrazone groups is 1. The van der Waals surface area contributed by atoms with Crippen molar-refractivity contribution >= 4 is 64.6 Å². The fourth-order valence-electron chi connectivity index (χ4n) is 1.75. The topological polar surface area (TPSA) is 65.2 Å². The van der Waals surface area contributed by atoms with E-state index in [0.29, 0.717) is 31.2 Å². The van der Waals surface area contributed by atoms with Crippen LogP contribution >= 0.6 is 46.4 Å². The summed E-state index contributed by atoms with van der Waals surface area (Å²) < 4.78 is 0. The summed E-state index contributed by atoms with van der Waals surface area (Å²) in [5, 5.41) is 14.6. The molecule has 0 heterocycles.